The van der Waals surface area contributed by atoms with Crippen LogP contribution in [0.2, 0.25) is 0 Å². The fourth-order valence-electron chi connectivity index (χ4n) is 4.60. The van der Waals surface area contributed by atoms with Crippen molar-refractivity contribution in [1.29, 1.82) is 0 Å². The highest BCUT2D eigenvalue weighted by Gasteiger charge is 2.42. The van der Waals surface area contributed by atoms with Crippen LogP contribution in [0.1, 0.15) is 0 Å². The third-order valence-electron chi connectivity index (χ3n) is 5.93. The molecule has 5 aromatic rings. The maximum Gasteiger partial charge on any atom is 0.180 e. The Bertz CT molecular complexity index is 1160. The van der Waals surface area contributed by atoms with Crippen LogP contribution in [0.4, 0.5) is 0 Å². The van der Waals surface area contributed by atoms with Gasteiger partial charge in [0.15, 0.2) is 8.07 Å². The summed E-state index contributed by atoms with van der Waals surface area (Å²) >= 11 is 0. The van der Waals surface area contributed by atoms with Crippen LogP contribution >= 0.6 is 0 Å². The van der Waals surface area contributed by atoms with E-state index in [-0.39, 0.29) is 0 Å². The van der Waals surface area contributed by atoms with Gasteiger partial charge in [0.05, 0.1) is 0 Å². The standard InChI is InChI=1S/C29H23NSi/c1-5-13-24(14-6-1)28-23-30-22-21-29(28)31(25-15-7-2-8-16-25,26-17-9-3-10-18-26)27-19-11-4-12-20-27/h1-23H. The molecule has 0 saturated carbocycles. The average Bonchev–Trinajstić information content (AvgIpc) is 2.87. The van der Waals surface area contributed by atoms with E-state index in [0.717, 1.165) is 0 Å². The van der Waals surface area contributed by atoms with Crippen molar-refractivity contribution in [3.8, 4) is 11.1 Å². The lowest BCUT2D eigenvalue weighted by atomic mass is 10.1. The van der Waals surface area contributed by atoms with E-state index in [2.05, 4.69) is 132 Å². The highest BCUT2D eigenvalue weighted by atomic mass is 28.3. The van der Waals surface area contributed by atoms with Gasteiger partial charge in [-0.15, -0.1) is 0 Å². The molecule has 0 bridgehead atoms. The van der Waals surface area contributed by atoms with Crippen molar-refractivity contribution >= 4 is 28.8 Å². The van der Waals surface area contributed by atoms with Crippen LogP contribution in [0, 0.1) is 0 Å². The summed E-state index contributed by atoms with van der Waals surface area (Å²) in [7, 11) is -2.57. The maximum absolute atomic E-state index is 4.54. The molecule has 148 valence electrons. The van der Waals surface area contributed by atoms with Gasteiger partial charge >= 0.3 is 0 Å². The van der Waals surface area contributed by atoms with Gasteiger partial charge in [-0.05, 0) is 32.4 Å². The van der Waals surface area contributed by atoms with Crippen LogP contribution in [0.3, 0.4) is 0 Å². The second kappa shape index (κ2) is 8.55. The summed E-state index contributed by atoms with van der Waals surface area (Å²) in [4.78, 5) is 4.54. The van der Waals surface area contributed by atoms with Crippen molar-refractivity contribution in [3.05, 3.63) is 140 Å². The predicted molar refractivity (Wildman–Crippen MR) is 133 cm³/mol. The maximum atomic E-state index is 4.54. The Morgan fingerprint density at radius 1 is 0.452 bits per heavy atom. The third-order valence-corrected chi connectivity index (χ3v) is 10.8. The van der Waals surface area contributed by atoms with E-state index in [4.69, 9.17) is 0 Å². The van der Waals surface area contributed by atoms with E-state index >= 15 is 0 Å². The molecule has 0 aliphatic rings. The zero-order valence-electron chi connectivity index (χ0n) is 17.2. The summed E-state index contributed by atoms with van der Waals surface area (Å²) in [5.41, 5.74) is 2.40. The van der Waals surface area contributed by atoms with Gasteiger partial charge in [-0.3, -0.25) is 4.98 Å². The van der Waals surface area contributed by atoms with Crippen LogP contribution in [0.5, 0.6) is 0 Å². The molecule has 0 unspecified atom stereocenters. The zero-order chi connectivity index (χ0) is 20.9. The molecule has 2 heteroatoms. The predicted octanol–water partition coefficient (Wildman–Crippen LogP) is 4.13. The molecule has 4 aromatic carbocycles. The van der Waals surface area contributed by atoms with Gasteiger partial charge in [-0.1, -0.05) is 121 Å². The van der Waals surface area contributed by atoms with Gasteiger partial charge < -0.3 is 0 Å². The number of pyridine rings is 1. The van der Waals surface area contributed by atoms with Gasteiger partial charge in [0.25, 0.3) is 0 Å². The van der Waals surface area contributed by atoms with Gasteiger partial charge in [-0.2, -0.15) is 0 Å². The Hall–Kier alpha value is -3.75. The average molecular weight is 414 g/mol. The number of rotatable bonds is 5. The van der Waals surface area contributed by atoms with Crippen molar-refractivity contribution < 1.29 is 0 Å². The molecule has 31 heavy (non-hydrogen) atoms. The molecule has 1 nitrogen and oxygen atoms in total. The highest BCUT2D eigenvalue weighted by Crippen LogP contribution is 2.20. The first kappa shape index (κ1) is 19.2. The van der Waals surface area contributed by atoms with Crippen LogP contribution in [0.15, 0.2) is 140 Å². The molecule has 0 aliphatic heterocycles. The summed E-state index contributed by atoms with van der Waals surface area (Å²) < 4.78 is 0. The minimum absolute atomic E-state index is 1.20. The first-order valence-corrected chi connectivity index (χ1v) is 12.6. The summed E-state index contributed by atoms with van der Waals surface area (Å²) in [5.74, 6) is 0. The van der Waals surface area contributed by atoms with E-state index in [0.29, 0.717) is 0 Å². The van der Waals surface area contributed by atoms with Crippen LogP contribution < -0.4 is 20.7 Å². The Balaban J connectivity index is 1.94. The smallest absolute Gasteiger partial charge is 0.180 e. The zero-order valence-corrected chi connectivity index (χ0v) is 18.2. The van der Waals surface area contributed by atoms with Crippen molar-refractivity contribution in [2.45, 2.75) is 0 Å². The minimum Gasteiger partial charge on any atom is -0.264 e. The summed E-state index contributed by atoms with van der Waals surface area (Å²) in [5, 5.41) is 5.47. The monoisotopic (exact) mass is 413 g/mol. The van der Waals surface area contributed by atoms with E-state index in [1.54, 1.807) is 0 Å². The van der Waals surface area contributed by atoms with Crippen molar-refractivity contribution in [1.82, 2.24) is 4.98 Å². The molecule has 0 saturated heterocycles. The van der Waals surface area contributed by atoms with E-state index in [9.17, 15) is 0 Å². The molecular formula is C29H23NSi. The van der Waals surface area contributed by atoms with Gasteiger partial charge in [0, 0.05) is 18.0 Å². The molecule has 0 N–H and O–H groups in total. The number of benzene rings is 4. The van der Waals surface area contributed by atoms with E-state index in [1.165, 1.54) is 31.9 Å². The second-order valence-electron chi connectivity index (χ2n) is 7.64. The summed E-state index contributed by atoms with van der Waals surface area (Å²) in [6.45, 7) is 0. The highest BCUT2D eigenvalue weighted by molar-refractivity contribution is 7.20. The molecule has 0 radical (unpaired) electrons. The molecular weight excluding hydrogens is 390 g/mol. The Labute approximate surface area is 184 Å². The number of hydrogen-bond acceptors (Lipinski definition) is 1. The molecule has 1 heterocycles. The summed E-state index contributed by atoms with van der Waals surface area (Å²) in [6.07, 6.45) is 3.97. The minimum atomic E-state index is -2.57. The Kier molecular flexibility index (Phi) is 5.30. The second-order valence-corrected chi connectivity index (χ2v) is 11.4. The van der Waals surface area contributed by atoms with Crippen LogP contribution in [0.25, 0.3) is 11.1 Å². The molecule has 0 fully saturated rings. The molecule has 0 atom stereocenters. The van der Waals surface area contributed by atoms with Crippen molar-refractivity contribution in [3.63, 3.8) is 0 Å². The lowest BCUT2D eigenvalue weighted by Gasteiger charge is -2.35. The third kappa shape index (κ3) is 3.41. The van der Waals surface area contributed by atoms with Crippen molar-refractivity contribution in [2.24, 2.45) is 0 Å². The van der Waals surface area contributed by atoms with Gasteiger partial charge in [-0.25, -0.2) is 0 Å². The van der Waals surface area contributed by atoms with E-state index in [1.807, 2.05) is 12.4 Å². The fraction of sp³-hybridized carbons (Fsp3) is 0. The van der Waals surface area contributed by atoms with E-state index < -0.39 is 8.07 Å². The molecule has 5 rings (SSSR count). The first-order chi connectivity index (χ1) is 15.4. The SMILES string of the molecule is c1ccc(-c2cnccc2[Si](c2ccccc2)(c2ccccc2)c2ccccc2)cc1. The van der Waals surface area contributed by atoms with Crippen LogP contribution in [-0.2, 0) is 0 Å². The quantitative estimate of drug-likeness (QED) is 0.312. The van der Waals surface area contributed by atoms with Gasteiger partial charge in [0.1, 0.15) is 0 Å². The Morgan fingerprint density at radius 2 is 0.871 bits per heavy atom. The largest absolute Gasteiger partial charge is 0.264 e. The lowest BCUT2D eigenvalue weighted by Crippen LogP contribution is -2.75. The van der Waals surface area contributed by atoms with Gasteiger partial charge in [0.2, 0.25) is 0 Å². The van der Waals surface area contributed by atoms with Crippen molar-refractivity contribution in [2.75, 3.05) is 0 Å². The topological polar surface area (TPSA) is 12.9 Å². The Morgan fingerprint density at radius 3 is 1.32 bits per heavy atom. The molecule has 0 amide bonds. The number of hydrogen-bond donors (Lipinski definition) is 0. The number of aromatic nitrogens is 1. The first-order valence-electron chi connectivity index (χ1n) is 10.6. The molecule has 1 aromatic heterocycles. The number of nitrogens with zero attached hydrogens (tertiary/aromatic N) is 1. The van der Waals surface area contributed by atoms with Crippen LogP contribution in [-0.4, -0.2) is 13.1 Å². The normalized spacial score (nSPS) is 11.2. The fourth-order valence-corrected chi connectivity index (χ4v) is 9.55. The lowest BCUT2D eigenvalue weighted by molar-refractivity contribution is 1.34. The molecule has 0 spiro atoms. The molecule has 0 aliphatic carbocycles. The summed E-state index contributed by atoms with van der Waals surface area (Å²) in [6, 6.07) is 45.9.